The van der Waals surface area contributed by atoms with Gasteiger partial charge in [0.1, 0.15) is 0 Å². The Balaban J connectivity index is 3.92. The van der Waals surface area contributed by atoms with Gasteiger partial charge in [0.2, 0.25) is 5.12 Å². The van der Waals surface area contributed by atoms with Crippen LogP contribution in [-0.4, -0.2) is 10.9 Å². The normalized spacial score (nSPS) is 12.2. The third kappa shape index (κ3) is 5.42. The predicted octanol–water partition coefficient (Wildman–Crippen LogP) is 3.26. The van der Waals surface area contributed by atoms with Gasteiger partial charge < -0.3 is 0 Å². The monoisotopic (exact) mass is 186 g/mol. The molecule has 0 fully saturated rings. The Morgan fingerprint density at radius 3 is 2.50 bits per heavy atom. The van der Waals surface area contributed by atoms with Crippen LogP contribution in [0.3, 0.4) is 0 Å². The molecule has 0 N–H and O–H groups in total. The van der Waals surface area contributed by atoms with Crippen molar-refractivity contribution in [1.82, 2.24) is 0 Å². The Bertz CT molecular complexity index is 171. The van der Waals surface area contributed by atoms with E-state index in [-0.39, 0.29) is 5.12 Å². The van der Waals surface area contributed by atoms with Crippen LogP contribution in [0, 0.1) is 5.92 Å². The second kappa shape index (κ2) is 6.30. The van der Waals surface area contributed by atoms with E-state index >= 15 is 0 Å². The van der Waals surface area contributed by atoms with Crippen molar-refractivity contribution in [3.63, 3.8) is 0 Å². The number of allylic oxidation sites excluding steroid dienone is 1. The highest BCUT2D eigenvalue weighted by Crippen LogP contribution is 2.13. The molecule has 0 amide bonds. The fraction of sp³-hybridized carbons (Fsp3) is 0.700. The summed E-state index contributed by atoms with van der Waals surface area (Å²) < 4.78 is 0. The van der Waals surface area contributed by atoms with Crippen molar-refractivity contribution >= 4 is 16.9 Å². The molecule has 0 atom stereocenters. The van der Waals surface area contributed by atoms with Crippen LogP contribution in [-0.2, 0) is 4.79 Å². The molecule has 70 valence electrons. The number of rotatable bonds is 4. The minimum Gasteiger partial charge on any atom is -0.282 e. The molecule has 0 bridgehead atoms. The van der Waals surface area contributed by atoms with E-state index in [1.54, 1.807) is 0 Å². The molecule has 0 spiro atoms. The maximum atomic E-state index is 11.3. The number of carbonyl (C=O) groups excluding carboxylic acids is 1. The van der Waals surface area contributed by atoms with Crippen LogP contribution >= 0.6 is 11.8 Å². The number of hydrogen-bond acceptors (Lipinski definition) is 2. The predicted molar refractivity (Wildman–Crippen MR) is 56.4 cm³/mol. The minimum absolute atomic E-state index is 0.227. The van der Waals surface area contributed by atoms with Gasteiger partial charge in [0, 0.05) is 5.75 Å². The first kappa shape index (κ1) is 11.8. The molecule has 0 heterocycles. The molecular formula is C10H18OS. The standard InChI is InChI=1S/C10H18OS/c1-5-6-12-10(11)9(4)7-8(2)3/h7-8H,5-6H2,1-4H3/b9-7+. The minimum atomic E-state index is 0.227. The Morgan fingerprint density at radius 1 is 1.50 bits per heavy atom. The molecule has 0 aliphatic rings. The van der Waals surface area contributed by atoms with Crippen molar-refractivity contribution in [2.75, 3.05) is 5.75 Å². The molecule has 0 aromatic rings. The zero-order valence-corrected chi connectivity index (χ0v) is 9.20. The van der Waals surface area contributed by atoms with Crippen molar-refractivity contribution in [3.05, 3.63) is 11.6 Å². The summed E-state index contributed by atoms with van der Waals surface area (Å²) in [4.78, 5) is 11.3. The van der Waals surface area contributed by atoms with E-state index in [0.717, 1.165) is 17.7 Å². The molecular weight excluding hydrogens is 168 g/mol. The number of hydrogen-bond donors (Lipinski definition) is 0. The van der Waals surface area contributed by atoms with Crippen LogP contribution < -0.4 is 0 Å². The van der Waals surface area contributed by atoms with E-state index in [9.17, 15) is 4.79 Å². The largest absolute Gasteiger partial charge is 0.282 e. The van der Waals surface area contributed by atoms with E-state index in [1.165, 1.54) is 11.8 Å². The maximum absolute atomic E-state index is 11.3. The summed E-state index contributed by atoms with van der Waals surface area (Å²) in [5.74, 6) is 1.40. The molecule has 0 aromatic heterocycles. The Labute approximate surface area is 79.6 Å². The van der Waals surface area contributed by atoms with Crippen LogP contribution in [0.25, 0.3) is 0 Å². The van der Waals surface area contributed by atoms with Crippen LogP contribution in [0.1, 0.15) is 34.1 Å². The van der Waals surface area contributed by atoms with Gasteiger partial charge in [-0.2, -0.15) is 0 Å². The molecule has 0 aliphatic carbocycles. The van der Waals surface area contributed by atoms with Crippen LogP contribution in [0.2, 0.25) is 0 Å². The molecule has 1 nitrogen and oxygen atoms in total. The van der Waals surface area contributed by atoms with Gasteiger partial charge in [-0.05, 0) is 24.8 Å². The molecule has 0 saturated carbocycles. The molecule has 12 heavy (non-hydrogen) atoms. The molecule has 0 saturated heterocycles. The fourth-order valence-electron chi connectivity index (χ4n) is 0.877. The van der Waals surface area contributed by atoms with Gasteiger partial charge in [0.05, 0.1) is 0 Å². The first-order valence-corrected chi connectivity index (χ1v) is 5.42. The van der Waals surface area contributed by atoms with Gasteiger partial charge in [-0.3, -0.25) is 4.79 Å². The summed E-state index contributed by atoms with van der Waals surface area (Å²) in [6, 6.07) is 0. The molecule has 0 aliphatic heterocycles. The SMILES string of the molecule is CCCSC(=O)/C(C)=C/C(C)C. The lowest BCUT2D eigenvalue weighted by atomic mass is 10.1. The van der Waals surface area contributed by atoms with Gasteiger partial charge in [0.15, 0.2) is 0 Å². The van der Waals surface area contributed by atoms with Crippen LogP contribution in [0.15, 0.2) is 11.6 Å². The third-order valence-corrected chi connectivity index (χ3v) is 2.54. The molecule has 0 rings (SSSR count). The second-order valence-corrected chi connectivity index (χ2v) is 4.30. The van der Waals surface area contributed by atoms with Gasteiger partial charge in [-0.1, -0.05) is 38.6 Å². The summed E-state index contributed by atoms with van der Waals surface area (Å²) in [5, 5.41) is 0.227. The molecule has 0 radical (unpaired) electrons. The highest BCUT2D eigenvalue weighted by Gasteiger charge is 2.04. The summed E-state index contributed by atoms with van der Waals surface area (Å²) in [7, 11) is 0. The smallest absolute Gasteiger partial charge is 0.214 e. The van der Waals surface area contributed by atoms with E-state index < -0.39 is 0 Å². The van der Waals surface area contributed by atoms with Crippen molar-refractivity contribution in [1.29, 1.82) is 0 Å². The second-order valence-electron chi connectivity index (χ2n) is 3.23. The highest BCUT2D eigenvalue weighted by atomic mass is 32.2. The van der Waals surface area contributed by atoms with E-state index in [0.29, 0.717) is 5.92 Å². The van der Waals surface area contributed by atoms with E-state index in [4.69, 9.17) is 0 Å². The number of carbonyl (C=O) groups is 1. The maximum Gasteiger partial charge on any atom is 0.214 e. The molecule has 0 unspecified atom stereocenters. The first-order chi connectivity index (χ1) is 5.57. The van der Waals surface area contributed by atoms with Gasteiger partial charge in [0.25, 0.3) is 0 Å². The fourth-order valence-corrected chi connectivity index (χ4v) is 1.56. The van der Waals surface area contributed by atoms with Gasteiger partial charge in [-0.15, -0.1) is 0 Å². The Kier molecular flexibility index (Phi) is 6.17. The lowest BCUT2D eigenvalue weighted by Crippen LogP contribution is -1.96. The quantitative estimate of drug-likeness (QED) is 0.627. The molecule has 0 aromatic carbocycles. The summed E-state index contributed by atoms with van der Waals surface area (Å²) in [6.07, 6.45) is 3.08. The summed E-state index contributed by atoms with van der Waals surface area (Å²) in [6.45, 7) is 8.15. The first-order valence-electron chi connectivity index (χ1n) is 4.43. The van der Waals surface area contributed by atoms with Crippen LogP contribution in [0.5, 0.6) is 0 Å². The number of thioether (sulfide) groups is 1. The lowest BCUT2D eigenvalue weighted by Gasteiger charge is -2.01. The average molecular weight is 186 g/mol. The zero-order chi connectivity index (χ0) is 9.56. The van der Waals surface area contributed by atoms with E-state index in [2.05, 4.69) is 20.8 Å². The van der Waals surface area contributed by atoms with Crippen molar-refractivity contribution in [3.8, 4) is 0 Å². The average Bonchev–Trinajstić information content (AvgIpc) is 1.98. The zero-order valence-electron chi connectivity index (χ0n) is 8.39. The molecule has 2 heteroatoms. The summed E-state index contributed by atoms with van der Waals surface area (Å²) >= 11 is 1.42. The van der Waals surface area contributed by atoms with Gasteiger partial charge in [-0.25, -0.2) is 0 Å². The topological polar surface area (TPSA) is 17.1 Å². The lowest BCUT2D eigenvalue weighted by molar-refractivity contribution is -0.107. The van der Waals surface area contributed by atoms with Crippen LogP contribution in [0.4, 0.5) is 0 Å². The van der Waals surface area contributed by atoms with Crippen molar-refractivity contribution in [2.24, 2.45) is 5.92 Å². The van der Waals surface area contributed by atoms with Crippen molar-refractivity contribution < 1.29 is 4.79 Å². The van der Waals surface area contributed by atoms with E-state index in [1.807, 2.05) is 13.0 Å². The van der Waals surface area contributed by atoms with Crippen molar-refractivity contribution in [2.45, 2.75) is 34.1 Å². The third-order valence-electron chi connectivity index (χ3n) is 1.34. The summed E-state index contributed by atoms with van der Waals surface area (Å²) in [5.41, 5.74) is 0.892. The Hall–Kier alpha value is -0.240. The van der Waals surface area contributed by atoms with Gasteiger partial charge >= 0.3 is 0 Å². The Morgan fingerprint density at radius 2 is 2.08 bits per heavy atom. The highest BCUT2D eigenvalue weighted by molar-refractivity contribution is 8.14.